The molecule has 8 heteroatoms. The van der Waals surface area contributed by atoms with Crippen LogP contribution in [0.5, 0.6) is 0 Å². The molecule has 0 amide bonds. The molecule has 0 saturated carbocycles. The van der Waals surface area contributed by atoms with E-state index < -0.39 is 0 Å². The molecule has 0 aliphatic heterocycles. The Labute approximate surface area is 113 Å². The average Bonchev–Trinajstić information content (AvgIpc) is 2.74. The van der Waals surface area contributed by atoms with Gasteiger partial charge in [0.05, 0.1) is 17.4 Å². The first kappa shape index (κ1) is 13.2. The number of anilines is 1. The SMILES string of the molecule is CCCn1c(Sc2ncc(N)cc2C#N)n[nH]c1=O. The monoisotopic (exact) mass is 276 g/mol. The summed E-state index contributed by atoms with van der Waals surface area (Å²) in [5, 5.41) is 16.3. The summed E-state index contributed by atoms with van der Waals surface area (Å²) >= 11 is 1.17. The zero-order chi connectivity index (χ0) is 13.8. The first-order chi connectivity index (χ1) is 9.15. The van der Waals surface area contributed by atoms with E-state index in [2.05, 4.69) is 15.2 Å². The van der Waals surface area contributed by atoms with E-state index in [1.165, 1.54) is 22.5 Å². The van der Waals surface area contributed by atoms with Crippen LogP contribution in [0.1, 0.15) is 18.9 Å². The van der Waals surface area contributed by atoms with Crippen LogP contribution in [0, 0.1) is 11.3 Å². The number of nitrogens with zero attached hydrogens (tertiary/aromatic N) is 4. The molecule has 7 nitrogen and oxygen atoms in total. The van der Waals surface area contributed by atoms with Gasteiger partial charge in [-0.1, -0.05) is 6.92 Å². The zero-order valence-corrected chi connectivity index (χ0v) is 11.1. The largest absolute Gasteiger partial charge is 0.397 e. The molecular weight excluding hydrogens is 264 g/mol. The normalized spacial score (nSPS) is 10.3. The second kappa shape index (κ2) is 5.58. The number of hydrogen-bond donors (Lipinski definition) is 2. The highest BCUT2D eigenvalue weighted by molar-refractivity contribution is 7.99. The second-order valence-corrected chi connectivity index (χ2v) is 4.75. The zero-order valence-electron chi connectivity index (χ0n) is 10.3. The predicted octanol–water partition coefficient (Wildman–Crippen LogP) is 0.981. The van der Waals surface area contributed by atoms with E-state index in [9.17, 15) is 4.79 Å². The lowest BCUT2D eigenvalue weighted by atomic mass is 10.3. The number of rotatable bonds is 4. The van der Waals surface area contributed by atoms with Gasteiger partial charge < -0.3 is 5.73 Å². The molecule has 0 saturated heterocycles. The number of pyridine rings is 1. The predicted molar refractivity (Wildman–Crippen MR) is 70.6 cm³/mol. The van der Waals surface area contributed by atoms with Crippen LogP contribution in [0.3, 0.4) is 0 Å². The fraction of sp³-hybridized carbons (Fsp3) is 0.273. The van der Waals surface area contributed by atoms with Crippen molar-refractivity contribution >= 4 is 17.4 Å². The van der Waals surface area contributed by atoms with Crippen molar-refractivity contribution in [1.29, 1.82) is 5.26 Å². The third-order valence-electron chi connectivity index (χ3n) is 2.35. The fourth-order valence-corrected chi connectivity index (χ4v) is 2.39. The van der Waals surface area contributed by atoms with E-state index >= 15 is 0 Å². The van der Waals surface area contributed by atoms with Gasteiger partial charge in [0.15, 0.2) is 5.16 Å². The minimum Gasteiger partial charge on any atom is -0.397 e. The Bertz CT molecular complexity index is 683. The van der Waals surface area contributed by atoms with Crippen LogP contribution >= 0.6 is 11.8 Å². The van der Waals surface area contributed by atoms with Crippen molar-refractivity contribution < 1.29 is 0 Å². The molecule has 0 fully saturated rings. The quantitative estimate of drug-likeness (QED) is 0.860. The van der Waals surface area contributed by atoms with Crippen LogP contribution in [0.25, 0.3) is 0 Å². The van der Waals surface area contributed by atoms with Gasteiger partial charge in [0.25, 0.3) is 0 Å². The van der Waals surface area contributed by atoms with Crippen molar-refractivity contribution in [2.24, 2.45) is 0 Å². The molecule has 2 aromatic rings. The maximum absolute atomic E-state index is 11.6. The van der Waals surface area contributed by atoms with Crippen molar-refractivity contribution in [3.63, 3.8) is 0 Å². The summed E-state index contributed by atoms with van der Waals surface area (Å²) in [7, 11) is 0. The molecular formula is C11H12N6OS. The molecule has 98 valence electrons. The number of nitrogen functional groups attached to an aromatic ring is 1. The molecule has 0 spiro atoms. The molecule has 0 aromatic carbocycles. The van der Waals surface area contributed by atoms with Crippen LogP contribution in [0.2, 0.25) is 0 Å². The number of aromatic nitrogens is 4. The summed E-state index contributed by atoms with van der Waals surface area (Å²) in [4.78, 5) is 15.7. The number of H-pyrrole nitrogens is 1. The number of aromatic amines is 1. The van der Waals surface area contributed by atoms with E-state index in [0.29, 0.717) is 28.0 Å². The molecule has 0 aliphatic carbocycles. The minimum atomic E-state index is -0.265. The maximum Gasteiger partial charge on any atom is 0.343 e. The Hall–Kier alpha value is -2.27. The van der Waals surface area contributed by atoms with Gasteiger partial charge in [0.1, 0.15) is 11.1 Å². The Morgan fingerprint density at radius 2 is 2.42 bits per heavy atom. The van der Waals surface area contributed by atoms with Gasteiger partial charge in [-0.3, -0.25) is 4.57 Å². The molecule has 0 radical (unpaired) electrons. The highest BCUT2D eigenvalue weighted by Gasteiger charge is 2.13. The fourth-order valence-electron chi connectivity index (χ4n) is 1.52. The highest BCUT2D eigenvalue weighted by atomic mass is 32.2. The number of nitriles is 1. The van der Waals surface area contributed by atoms with E-state index in [-0.39, 0.29) is 5.69 Å². The first-order valence-corrected chi connectivity index (χ1v) is 6.46. The van der Waals surface area contributed by atoms with Gasteiger partial charge in [-0.2, -0.15) is 5.26 Å². The lowest BCUT2D eigenvalue weighted by Gasteiger charge is -2.04. The van der Waals surface area contributed by atoms with Crippen molar-refractivity contribution in [2.75, 3.05) is 5.73 Å². The lowest BCUT2D eigenvalue weighted by molar-refractivity contribution is 0.603. The summed E-state index contributed by atoms with van der Waals surface area (Å²) in [6.07, 6.45) is 2.28. The number of hydrogen-bond acceptors (Lipinski definition) is 6. The summed E-state index contributed by atoms with van der Waals surface area (Å²) in [5.41, 5.74) is 6.10. The summed E-state index contributed by atoms with van der Waals surface area (Å²) in [6.45, 7) is 2.53. The van der Waals surface area contributed by atoms with Gasteiger partial charge >= 0.3 is 5.69 Å². The molecule has 2 heterocycles. The van der Waals surface area contributed by atoms with Crippen LogP contribution in [0.15, 0.2) is 27.2 Å². The average molecular weight is 276 g/mol. The van der Waals surface area contributed by atoms with Crippen molar-refractivity contribution in [3.05, 3.63) is 28.3 Å². The van der Waals surface area contributed by atoms with Gasteiger partial charge in [0.2, 0.25) is 0 Å². The molecule has 2 rings (SSSR count). The summed E-state index contributed by atoms with van der Waals surface area (Å²) < 4.78 is 1.52. The van der Waals surface area contributed by atoms with Crippen molar-refractivity contribution in [1.82, 2.24) is 19.7 Å². The standard InChI is InChI=1S/C11H12N6OS/c1-2-3-17-10(18)15-16-11(17)19-9-7(5-12)4-8(13)6-14-9/h4,6H,2-3,13H2,1H3,(H,15,18). The molecule has 0 atom stereocenters. The number of nitrogens with two attached hydrogens (primary N) is 1. The third kappa shape index (κ3) is 2.77. The molecule has 0 unspecified atom stereocenters. The molecule has 0 aliphatic rings. The molecule has 19 heavy (non-hydrogen) atoms. The van der Waals surface area contributed by atoms with E-state index in [0.717, 1.165) is 6.42 Å². The number of nitrogens with one attached hydrogen (secondary N) is 1. The van der Waals surface area contributed by atoms with Crippen LogP contribution in [-0.4, -0.2) is 19.7 Å². The molecule has 2 aromatic heterocycles. The summed E-state index contributed by atoms with van der Waals surface area (Å²) in [5.74, 6) is 0. The van der Waals surface area contributed by atoms with Crippen LogP contribution in [0.4, 0.5) is 5.69 Å². The van der Waals surface area contributed by atoms with Crippen LogP contribution < -0.4 is 11.4 Å². The van der Waals surface area contributed by atoms with E-state index in [1.807, 2.05) is 13.0 Å². The second-order valence-electron chi connectivity index (χ2n) is 3.80. The Morgan fingerprint density at radius 1 is 1.63 bits per heavy atom. The lowest BCUT2D eigenvalue weighted by Crippen LogP contribution is -2.17. The Morgan fingerprint density at radius 3 is 3.11 bits per heavy atom. The van der Waals surface area contributed by atoms with Gasteiger partial charge in [-0.15, -0.1) is 5.10 Å². The van der Waals surface area contributed by atoms with Gasteiger partial charge in [-0.05, 0) is 24.2 Å². The Kier molecular flexibility index (Phi) is 3.87. The highest BCUT2D eigenvalue weighted by Crippen LogP contribution is 2.27. The maximum atomic E-state index is 11.6. The van der Waals surface area contributed by atoms with E-state index in [1.54, 1.807) is 6.07 Å². The smallest absolute Gasteiger partial charge is 0.343 e. The van der Waals surface area contributed by atoms with Crippen LogP contribution in [-0.2, 0) is 6.54 Å². The van der Waals surface area contributed by atoms with Crippen molar-refractivity contribution in [3.8, 4) is 6.07 Å². The van der Waals surface area contributed by atoms with Crippen molar-refractivity contribution in [2.45, 2.75) is 30.1 Å². The summed E-state index contributed by atoms with van der Waals surface area (Å²) in [6, 6.07) is 3.57. The van der Waals surface area contributed by atoms with Gasteiger partial charge in [0, 0.05) is 6.54 Å². The minimum absolute atomic E-state index is 0.265. The van der Waals surface area contributed by atoms with E-state index in [4.69, 9.17) is 11.0 Å². The molecule has 0 bridgehead atoms. The van der Waals surface area contributed by atoms with Gasteiger partial charge in [-0.25, -0.2) is 14.9 Å². The first-order valence-electron chi connectivity index (χ1n) is 5.64. The third-order valence-corrected chi connectivity index (χ3v) is 3.36. The molecule has 3 N–H and O–H groups in total. The topological polar surface area (TPSA) is 113 Å². The Balaban J connectivity index is 2.37.